The van der Waals surface area contributed by atoms with E-state index in [1.807, 2.05) is 0 Å². The van der Waals surface area contributed by atoms with Gasteiger partial charge in [0.05, 0.1) is 6.61 Å². The molecule has 0 aliphatic rings. The average Bonchev–Trinajstić information content (AvgIpc) is 1.65. The van der Waals surface area contributed by atoms with Crippen LogP contribution in [-0.4, -0.2) is 39.5 Å². The van der Waals surface area contributed by atoms with Gasteiger partial charge in [0.25, 0.3) is 0 Å². The molecule has 1 unspecified atom stereocenters. The normalized spacial score (nSPS) is 11.8. The summed E-state index contributed by atoms with van der Waals surface area (Å²) in [4.78, 5) is 9.52. The summed E-state index contributed by atoms with van der Waals surface area (Å²) in [6.07, 6.45) is -1.63. The molecule has 0 spiro atoms. The summed E-state index contributed by atoms with van der Waals surface area (Å²) in [5, 5.41) is 23.7. The van der Waals surface area contributed by atoms with Crippen LogP contribution >= 0.6 is 0 Å². The maximum Gasteiger partial charge on any atom is 0.334 e. The Morgan fingerprint density at radius 3 is 2.00 bits per heavy atom. The molecule has 0 aromatic rings. The van der Waals surface area contributed by atoms with Crippen LogP contribution in [0.3, 0.4) is 0 Å². The molecule has 0 fully saturated rings. The maximum atomic E-state index is 9.52. The molecule has 5 N–H and O–H groups in total. The monoisotopic (exact) mass is 124 g/mol. The smallest absolute Gasteiger partial charge is 0.334 e. The van der Waals surface area contributed by atoms with E-state index in [-0.39, 0.29) is 5.48 Å². The van der Waals surface area contributed by atoms with E-state index in [2.05, 4.69) is 0 Å². The van der Waals surface area contributed by atoms with Crippen molar-refractivity contribution in [3.05, 3.63) is 0 Å². The van der Waals surface area contributed by atoms with E-state index in [1.165, 1.54) is 0 Å². The van der Waals surface area contributed by atoms with Crippen LogP contribution in [-0.2, 0) is 4.79 Å². The number of carbonyl (C=O) groups is 1. The summed E-state index contributed by atoms with van der Waals surface area (Å²) in [6, 6.07) is 0. The Labute approximate surface area is 45.5 Å². The lowest BCUT2D eigenvalue weighted by molar-refractivity contribution is -0.148. The predicted octanol–water partition coefficient (Wildman–Crippen LogP) is -2.40. The van der Waals surface area contributed by atoms with Gasteiger partial charge in [-0.15, -0.1) is 0 Å². The van der Waals surface area contributed by atoms with Crippen LogP contribution in [0.1, 0.15) is 0 Å². The highest BCUT2D eigenvalue weighted by Crippen LogP contribution is 1.75. The first-order valence-electron chi connectivity index (χ1n) is 1.70. The molecule has 5 heteroatoms. The summed E-state index contributed by atoms with van der Waals surface area (Å²) in [7, 11) is 0. The Bertz CT molecular complexity index is 70.1. The molecule has 0 radical (unpaired) electrons. The second-order valence-corrected chi connectivity index (χ2v) is 1.04. The number of aliphatic carboxylic acids is 1. The lowest BCUT2D eigenvalue weighted by Gasteiger charge is -1.95. The van der Waals surface area contributed by atoms with Gasteiger partial charge in [-0.05, 0) is 0 Å². The summed E-state index contributed by atoms with van der Waals surface area (Å²) in [5.41, 5.74) is 0. The molecule has 8 heavy (non-hydrogen) atoms. The fourth-order valence-corrected chi connectivity index (χ4v) is 0.0781. The average molecular weight is 124 g/mol. The molecule has 0 aliphatic heterocycles. The zero-order valence-electron chi connectivity index (χ0n) is 4.03. The van der Waals surface area contributed by atoms with Crippen LogP contribution in [0, 0.1) is 0 Å². The highest BCUT2D eigenvalue weighted by Gasteiger charge is 2.08. The topological polar surface area (TPSA) is 109 Å². The highest BCUT2D eigenvalue weighted by molar-refractivity contribution is 5.71. The molecule has 0 aromatic heterocycles. The van der Waals surface area contributed by atoms with E-state index < -0.39 is 18.7 Å². The molecule has 0 saturated heterocycles. The van der Waals surface area contributed by atoms with Gasteiger partial charge in [-0.1, -0.05) is 0 Å². The number of aliphatic hydroxyl groups excluding tert-OH is 2. The summed E-state index contributed by atoms with van der Waals surface area (Å²) in [5.74, 6) is -1.40. The highest BCUT2D eigenvalue weighted by atomic mass is 16.4. The second-order valence-electron chi connectivity index (χ2n) is 1.04. The molecule has 0 aliphatic carbocycles. The molecule has 0 bridgehead atoms. The van der Waals surface area contributed by atoms with Crippen molar-refractivity contribution in [2.24, 2.45) is 0 Å². The second kappa shape index (κ2) is 4.51. The number of rotatable bonds is 2. The third-order valence-corrected chi connectivity index (χ3v) is 0.458. The van der Waals surface area contributed by atoms with Crippen molar-refractivity contribution >= 4 is 5.97 Å². The molecule has 50 valence electrons. The molecule has 0 aromatic carbocycles. The van der Waals surface area contributed by atoms with E-state index in [1.54, 1.807) is 0 Å². The van der Waals surface area contributed by atoms with Crippen LogP contribution < -0.4 is 0 Å². The molecule has 0 amide bonds. The zero-order chi connectivity index (χ0) is 5.86. The van der Waals surface area contributed by atoms with Crippen molar-refractivity contribution in [3.8, 4) is 0 Å². The number of hydrogen-bond acceptors (Lipinski definition) is 3. The van der Waals surface area contributed by atoms with Gasteiger partial charge in [0.2, 0.25) is 0 Å². The van der Waals surface area contributed by atoms with Crippen LogP contribution in [0.15, 0.2) is 0 Å². The molecule has 5 nitrogen and oxygen atoms in total. The van der Waals surface area contributed by atoms with Crippen molar-refractivity contribution in [1.29, 1.82) is 0 Å². The molecule has 1 atom stereocenters. The largest absolute Gasteiger partial charge is 0.479 e. The maximum absolute atomic E-state index is 9.52. The molecular formula is C3H8O5. The van der Waals surface area contributed by atoms with Crippen LogP contribution in [0.2, 0.25) is 0 Å². The number of hydrogen-bond donors (Lipinski definition) is 3. The van der Waals surface area contributed by atoms with Crippen molar-refractivity contribution < 1.29 is 25.6 Å². The fraction of sp³-hybridized carbons (Fsp3) is 0.667. The zero-order valence-corrected chi connectivity index (χ0v) is 4.03. The van der Waals surface area contributed by atoms with Crippen molar-refractivity contribution in [2.45, 2.75) is 6.10 Å². The Balaban J connectivity index is 0. The quantitative estimate of drug-likeness (QED) is 0.381. The van der Waals surface area contributed by atoms with E-state index in [0.717, 1.165) is 0 Å². The molecule has 0 heterocycles. The Morgan fingerprint density at radius 1 is 1.62 bits per heavy atom. The van der Waals surface area contributed by atoms with Gasteiger partial charge in [0.15, 0.2) is 6.10 Å². The number of aliphatic hydroxyl groups is 2. The summed E-state index contributed by atoms with van der Waals surface area (Å²) in [6.45, 7) is -0.727. The fourth-order valence-electron chi connectivity index (χ4n) is 0.0781. The SMILES string of the molecule is O.O=C(O)C(O)CO. The number of carboxylic acid groups (broad SMARTS) is 1. The van der Waals surface area contributed by atoms with Gasteiger partial charge in [-0.25, -0.2) is 4.79 Å². The van der Waals surface area contributed by atoms with Crippen LogP contribution in [0.25, 0.3) is 0 Å². The third kappa shape index (κ3) is 3.54. The first-order valence-corrected chi connectivity index (χ1v) is 1.70. The minimum Gasteiger partial charge on any atom is -0.479 e. The molecular weight excluding hydrogens is 116 g/mol. The first kappa shape index (κ1) is 10.4. The van der Waals surface area contributed by atoms with Crippen LogP contribution in [0.4, 0.5) is 0 Å². The lowest BCUT2D eigenvalue weighted by atomic mass is 10.4. The summed E-state index contributed by atoms with van der Waals surface area (Å²) < 4.78 is 0. The van der Waals surface area contributed by atoms with Crippen molar-refractivity contribution in [1.82, 2.24) is 0 Å². The molecule has 0 rings (SSSR count). The minimum absolute atomic E-state index is 0. The summed E-state index contributed by atoms with van der Waals surface area (Å²) >= 11 is 0. The third-order valence-electron chi connectivity index (χ3n) is 0.458. The van der Waals surface area contributed by atoms with Crippen molar-refractivity contribution in [2.75, 3.05) is 6.61 Å². The van der Waals surface area contributed by atoms with Gasteiger partial charge >= 0.3 is 5.97 Å². The van der Waals surface area contributed by atoms with Gasteiger partial charge in [0, 0.05) is 0 Å². The standard InChI is InChI=1S/C3H6O4.H2O/c4-1-2(5)3(6)7;/h2,4-5H,1H2,(H,6,7);1H2. The van der Waals surface area contributed by atoms with Crippen LogP contribution in [0.5, 0.6) is 0 Å². The number of carboxylic acids is 1. The first-order chi connectivity index (χ1) is 3.18. The molecule has 0 saturated carbocycles. The van der Waals surface area contributed by atoms with Gasteiger partial charge < -0.3 is 20.8 Å². The van der Waals surface area contributed by atoms with E-state index in [9.17, 15) is 4.79 Å². The van der Waals surface area contributed by atoms with Gasteiger partial charge in [-0.3, -0.25) is 0 Å². The Kier molecular flexibility index (Phi) is 5.83. The van der Waals surface area contributed by atoms with E-state index in [0.29, 0.717) is 0 Å². The lowest BCUT2D eigenvalue weighted by Crippen LogP contribution is -2.22. The van der Waals surface area contributed by atoms with Gasteiger partial charge in [-0.2, -0.15) is 0 Å². The minimum atomic E-state index is -1.63. The van der Waals surface area contributed by atoms with Crippen molar-refractivity contribution in [3.63, 3.8) is 0 Å². The Hall–Kier alpha value is -0.650. The predicted molar refractivity (Wildman–Crippen MR) is 24.3 cm³/mol. The van der Waals surface area contributed by atoms with Gasteiger partial charge in [0.1, 0.15) is 0 Å². The Morgan fingerprint density at radius 2 is 2.00 bits per heavy atom. The van der Waals surface area contributed by atoms with E-state index in [4.69, 9.17) is 15.3 Å². The van der Waals surface area contributed by atoms with E-state index >= 15 is 0 Å².